The molecule has 1 saturated carbocycles. The number of carbonyl (C=O) groups excluding carboxylic acids is 1. The van der Waals surface area contributed by atoms with E-state index < -0.39 is 35.8 Å². The molecule has 0 bridgehead atoms. The first-order valence-corrected chi connectivity index (χ1v) is 6.03. The van der Waals surface area contributed by atoms with Gasteiger partial charge in [-0.2, -0.15) is 0 Å². The Kier molecular flexibility index (Phi) is 6.84. The van der Waals surface area contributed by atoms with Crippen LogP contribution >= 0.6 is 0 Å². The second-order valence-corrected chi connectivity index (χ2v) is 4.94. The first-order valence-electron chi connectivity index (χ1n) is 6.03. The van der Waals surface area contributed by atoms with Crippen molar-refractivity contribution in [3.8, 4) is 0 Å². The minimum atomic E-state index is -1.20. The molecular weight excluding hydrogens is 270 g/mol. The zero-order valence-corrected chi connectivity index (χ0v) is 11.3. The van der Waals surface area contributed by atoms with E-state index in [1.165, 1.54) is 0 Å². The van der Waals surface area contributed by atoms with Crippen molar-refractivity contribution in [1.82, 2.24) is 0 Å². The molecule has 20 heavy (non-hydrogen) atoms. The molecule has 0 amide bonds. The number of nitrogens with two attached hydrogens (primary N) is 1. The van der Waals surface area contributed by atoms with Gasteiger partial charge in [-0.25, -0.2) is 0 Å². The second kappa shape index (κ2) is 7.59. The van der Waals surface area contributed by atoms with Gasteiger partial charge in [-0.05, 0) is 5.92 Å². The predicted molar refractivity (Wildman–Crippen MR) is 66.9 cm³/mol. The molecule has 2 unspecified atom stereocenters. The van der Waals surface area contributed by atoms with Gasteiger partial charge in [0.25, 0.3) is 0 Å². The molecule has 0 aliphatic heterocycles. The average molecular weight is 289 g/mol. The highest BCUT2D eigenvalue weighted by molar-refractivity contribution is 5.94. The molecule has 8 heteroatoms. The second-order valence-electron chi connectivity index (χ2n) is 4.94. The lowest BCUT2D eigenvalue weighted by Gasteiger charge is -2.07. The van der Waals surface area contributed by atoms with E-state index in [0.29, 0.717) is 0 Å². The fraction of sp³-hybridized carbons (Fsp3) is 0.667. The zero-order chi connectivity index (χ0) is 16.0. The van der Waals surface area contributed by atoms with Crippen LogP contribution in [0.1, 0.15) is 26.7 Å². The lowest BCUT2D eigenvalue weighted by Crippen LogP contribution is -2.34. The minimum Gasteiger partial charge on any atom is -0.481 e. The Labute approximate surface area is 115 Å². The Morgan fingerprint density at radius 3 is 1.55 bits per heavy atom. The Bertz CT molecular complexity index is 381. The first kappa shape index (κ1) is 18.0. The van der Waals surface area contributed by atoms with E-state index in [2.05, 4.69) is 0 Å². The van der Waals surface area contributed by atoms with Gasteiger partial charge >= 0.3 is 17.9 Å². The van der Waals surface area contributed by atoms with E-state index in [9.17, 15) is 19.2 Å². The Hall–Kier alpha value is -1.96. The lowest BCUT2D eigenvalue weighted by molar-refractivity contribution is -0.152. The molecule has 0 heterocycles. The Morgan fingerprint density at radius 1 is 1.05 bits per heavy atom. The maximum Gasteiger partial charge on any atom is 0.320 e. The van der Waals surface area contributed by atoms with Crippen molar-refractivity contribution < 1.29 is 34.5 Å². The number of rotatable bonds is 4. The maximum absolute atomic E-state index is 10.7. The van der Waals surface area contributed by atoms with Crippen LogP contribution in [-0.2, 0) is 19.2 Å². The largest absolute Gasteiger partial charge is 0.481 e. The highest BCUT2D eigenvalue weighted by Gasteiger charge is 2.42. The highest BCUT2D eigenvalue weighted by atomic mass is 16.4. The molecule has 1 rings (SSSR count). The third-order valence-electron chi connectivity index (χ3n) is 3.02. The average Bonchev–Trinajstić information content (AvgIpc) is 2.71. The number of carboxylic acid groups (broad SMARTS) is 3. The smallest absolute Gasteiger partial charge is 0.320 e. The van der Waals surface area contributed by atoms with Crippen LogP contribution in [-0.4, -0.2) is 45.1 Å². The maximum atomic E-state index is 10.7. The number of hydrogen-bond acceptors (Lipinski definition) is 5. The van der Waals surface area contributed by atoms with Crippen molar-refractivity contribution >= 4 is 23.7 Å². The number of carboxylic acids is 3. The first-order chi connectivity index (χ1) is 9.07. The predicted octanol–water partition coefficient (Wildman–Crippen LogP) is -0.195. The fourth-order valence-corrected chi connectivity index (χ4v) is 1.66. The van der Waals surface area contributed by atoms with Crippen LogP contribution < -0.4 is 5.73 Å². The number of ketones is 1. The summed E-state index contributed by atoms with van der Waals surface area (Å²) in [6.07, 6.45) is -0.293. The molecule has 8 nitrogen and oxygen atoms in total. The van der Waals surface area contributed by atoms with E-state index in [1.807, 2.05) is 0 Å². The molecule has 0 aromatic rings. The van der Waals surface area contributed by atoms with Gasteiger partial charge in [0.05, 0.1) is 11.8 Å². The summed E-state index contributed by atoms with van der Waals surface area (Å²) < 4.78 is 0. The van der Waals surface area contributed by atoms with Crippen LogP contribution in [0.5, 0.6) is 0 Å². The number of aliphatic carboxylic acids is 3. The van der Waals surface area contributed by atoms with Crippen LogP contribution in [0, 0.1) is 17.8 Å². The monoisotopic (exact) mass is 289 g/mol. The third-order valence-corrected chi connectivity index (χ3v) is 3.02. The van der Waals surface area contributed by atoms with Crippen molar-refractivity contribution in [3.05, 3.63) is 0 Å². The SMILES string of the molecule is CC(C)[C@H](N)C(=O)O.O=C1CC(C(=O)O)C(C(=O)O)C1. The number of hydrogen-bond donors (Lipinski definition) is 4. The summed E-state index contributed by atoms with van der Waals surface area (Å²) in [6, 6.07) is -0.713. The third kappa shape index (κ3) is 5.35. The van der Waals surface area contributed by atoms with Gasteiger partial charge in [-0.1, -0.05) is 13.8 Å². The molecule has 1 aliphatic rings. The van der Waals surface area contributed by atoms with E-state index in [-0.39, 0.29) is 24.5 Å². The zero-order valence-electron chi connectivity index (χ0n) is 11.3. The van der Waals surface area contributed by atoms with Crippen LogP contribution in [0.4, 0.5) is 0 Å². The summed E-state index contributed by atoms with van der Waals surface area (Å²) in [5, 5.41) is 25.3. The van der Waals surface area contributed by atoms with Gasteiger partial charge in [0.2, 0.25) is 0 Å². The van der Waals surface area contributed by atoms with Crippen molar-refractivity contribution in [2.45, 2.75) is 32.7 Å². The van der Waals surface area contributed by atoms with Crippen molar-refractivity contribution in [2.24, 2.45) is 23.5 Å². The summed E-state index contributed by atoms with van der Waals surface area (Å²) in [7, 11) is 0. The molecular formula is C12H19NO7. The molecule has 114 valence electrons. The van der Waals surface area contributed by atoms with Gasteiger partial charge in [-0.3, -0.25) is 19.2 Å². The number of carbonyl (C=O) groups is 4. The summed E-state index contributed by atoms with van der Waals surface area (Å²) in [5.74, 6) is -5.66. The van der Waals surface area contributed by atoms with Gasteiger partial charge in [0.1, 0.15) is 11.8 Å². The van der Waals surface area contributed by atoms with Crippen molar-refractivity contribution in [2.75, 3.05) is 0 Å². The van der Waals surface area contributed by atoms with E-state index in [1.54, 1.807) is 13.8 Å². The van der Waals surface area contributed by atoms with Gasteiger partial charge < -0.3 is 21.1 Å². The summed E-state index contributed by atoms with van der Waals surface area (Å²) in [5.41, 5.74) is 5.16. The van der Waals surface area contributed by atoms with E-state index >= 15 is 0 Å². The van der Waals surface area contributed by atoms with Gasteiger partial charge in [0.15, 0.2) is 0 Å². The standard InChI is InChI=1S/C7H8O5.C5H11NO2/c8-3-1-4(6(9)10)5(2-3)7(11)12;1-3(2)4(6)5(7)8/h4-5H,1-2H2,(H,9,10)(H,11,12);3-4H,6H2,1-2H3,(H,7,8)/t;4-/m.0/s1. The summed E-state index contributed by atoms with van der Waals surface area (Å²) in [4.78, 5) is 41.7. The molecule has 0 radical (unpaired) electrons. The van der Waals surface area contributed by atoms with Crippen LogP contribution in [0.15, 0.2) is 0 Å². The molecule has 3 atom stereocenters. The molecule has 5 N–H and O–H groups in total. The highest BCUT2D eigenvalue weighted by Crippen LogP contribution is 2.29. The number of Topliss-reactive ketones (excluding diaryl/α,β-unsaturated/α-hetero) is 1. The van der Waals surface area contributed by atoms with Gasteiger partial charge in [0, 0.05) is 12.8 Å². The Balaban J connectivity index is 0.000000396. The molecule has 0 aromatic heterocycles. The molecule has 1 fully saturated rings. The van der Waals surface area contributed by atoms with Crippen molar-refractivity contribution in [1.29, 1.82) is 0 Å². The van der Waals surface area contributed by atoms with Crippen LogP contribution in [0.3, 0.4) is 0 Å². The molecule has 1 aliphatic carbocycles. The van der Waals surface area contributed by atoms with Crippen LogP contribution in [0.2, 0.25) is 0 Å². The molecule has 0 saturated heterocycles. The molecule has 0 spiro atoms. The van der Waals surface area contributed by atoms with Crippen molar-refractivity contribution in [3.63, 3.8) is 0 Å². The quantitative estimate of drug-likeness (QED) is 0.554. The Morgan fingerprint density at radius 2 is 1.40 bits per heavy atom. The van der Waals surface area contributed by atoms with Gasteiger partial charge in [-0.15, -0.1) is 0 Å². The van der Waals surface area contributed by atoms with E-state index in [0.717, 1.165) is 0 Å². The van der Waals surface area contributed by atoms with Crippen LogP contribution in [0.25, 0.3) is 0 Å². The summed E-state index contributed by atoms with van der Waals surface area (Å²) >= 11 is 0. The lowest BCUT2D eigenvalue weighted by atomic mass is 9.97. The minimum absolute atomic E-state index is 0.0208. The van der Waals surface area contributed by atoms with E-state index in [4.69, 9.17) is 21.1 Å². The summed E-state index contributed by atoms with van der Waals surface area (Å²) in [6.45, 7) is 3.55. The normalized spacial score (nSPS) is 22.9. The molecule has 0 aromatic carbocycles. The fourth-order valence-electron chi connectivity index (χ4n) is 1.66. The topological polar surface area (TPSA) is 155 Å².